The van der Waals surface area contributed by atoms with Gasteiger partial charge in [0, 0.05) is 19.4 Å². The molecule has 98 valence electrons. The van der Waals surface area contributed by atoms with Gasteiger partial charge in [-0.15, -0.1) is 0 Å². The van der Waals surface area contributed by atoms with Gasteiger partial charge in [0.15, 0.2) is 0 Å². The predicted molar refractivity (Wildman–Crippen MR) is 65.0 cm³/mol. The number of rotatable bonds is 6. The summed E-state index contributed by atoms with van der Waals surface area (Å²) in [7, 11) is 0. The molecular formula is C13H17NO4. The van der Waals surface area contributed by atoms with Crippen molar-refractivity contribution in [1.29, 1.82) is 5.26 Å². The van der Waals surface area contributed by atoms with E-state index in [1.807, 2.05) is 13.8 Å². The lowest BCUT2D eigenvalue weighted by Gasteiger charge is -2.29. The van der Waals surface area contributed by atoms with Crippen molar-refractivity contribution in [3.05, 3.63) is 24.8 Å². The number of nitriles is 1. The summed E-state index contributed by atoms with van der Waals surface area (Å²) in [4.78, 5) is 22.7. The average Bonchev–Trinajstić information content (AvgIpc) is 2.25. The van der Waals surface area contributed by atoms with Crippen LogP contribution in [0.3, 0.4) is 0 Å². The van der Waals surface area contributed by atoms with Crippen LogP contribution in [0.15, 0.2) is 24.8 Å². The lowest BCUT2D eigenvalue weighted by molar-refractivity contribution is -0.221. The third-order valence-electron chi connectivity index (χ3n) is 1.95. The third-order valence-corrected chi connectivity index (χ3v) is 1.95. The molecule has 0 aliphatic heterocycles. The van der Waals surface area contributed by atoms with Crippen molar-refractivity contribution in [2.24, 2.45) is 5.92 Å². The second-order valence-corrected chi connectivity index (χ2v) is 4.34. The van der Waals surface area contributed by atoms with Gasteiger partial charge in [-0.25, -0.2) is 9.59 Å². The van der Waals surface area contributed by atoms with Gasteiger partial charge in [0.25, 0.3) is 5.79 Å². The molecule has 5 heteroatoms. The molecule has 18 heavy (non-hydrogen) atoms. The van der Waals surface area contributed by atoms with Crippen molar-refractivity contribution in [3.63, 3.8) is 0 Å². The predicted octanol–water partition coefficient (Wildman–Crippen LogP) is 2.10. The van der Waals surface area contributed by atoms with Gasteiger partial charge >= 0.3 is 11.9 Å². The number of carbonyl (C=O) groups excluding carboxylic acids is 2. The van der Waals surface area contributed by atoms with Crippen LogP contribution < -0.4 is 0 Å². The van der Waals surface area contributed by atoms with Crippen LogP contribution in [0, 0.1) is 17.2 Å². The molecule has 0 radical (unpaired) electrons. The molecule has 0 spiro atoms. The Morgan fingerprint density at radius 1 is 1.44 bits per heavy atom. The van der Waals surface area contributed by atoms with E-state index in [0.717, 1.165) is 6.08 Å². The van der Waals surface area contributed by atoms with E-state index < -0.39 is 17.7 Å². The molecule has 0 fully saturated rings. The maximum atomic E-state index is 11.5. The minimum atomic E-state index is -1.43. The third kappa shape index (κ3) is 5.30. The van der Waals surface area contributed by atoms with Crippen molar-refractivity contribution in [2.45, 2.75) is 33.0 Å². The fourth-order valence-electron chi connectivity index (χ4n) is 1.40. The van der Waals surface area contributed by atoms with E-state index in [2.05, 4.69) is 13.2 Å². The molecule has 0 aromatic rings. The first kappa shape index (κ1) is 15.9. The van der Waals surface area contributed by atoms with Crippen molar-refractivity contribution in [3.8, 4) is 6.07 Å². The van der Waals surface area contributed by atoms with Crippen molar-refractivity contribution < 1.29 is 19.1 Å². The van der Waals surface area contributed by atoms with Crippen molar-refractivity contribution in [2.75, 3.05) is 0 Å². The fourth-order valence-corrected chi connectivity index (χ4v) is 1.40. The lowest BCUT2D eigenvalue weighted by Crippen LogP contribution is -2.38. The van der Waals surface area contributed by atoms with Gasteiger partial charge < -0.3 is 9.47 Å². The Bertz CT molecular complexity index is 406. The number of hydrogen-bond acceptors (Lipinski definition) is 5. The highest BCUT2D eigenvalue weighted by Crippen LogP contribution is 2.24. The molecular weight excluding hydrogens is 234 g/mol. The van der Waals surface area contributed by atoms with Gasteiger partial charge in [-0.2, -0.15) is 5.26 Å². The maximum absolute atomic E-state index is 11.5. The topological polar surface area (TPSA) is 76.4 Å². The summed E-state index contributed by atoms with van der Waals surface area (Å²) < 4.78 is 10.0. The van der Waals surface area contributed by atoms with Crippen LogP contribution >= 0.6 is 0 Å². The smallest absolute Gasteiger partial charge is 0.351 e. The molecule has 0 rings (SSSR count). The molecule has 1 atom stereocenters. The molecule has 0 aliphatic rings. The van der Waals surface area contributed by atoms with Gasteiger partial charge in [0.05, 0.1) is 0 Å². The van der Waals surface area contributed by atoms with E-state index in [4.69, 9.17) is 14.7 Å². The number of hydrogen-bond donors (Lipinski definition) is 0. The van der Waals surface area contributed by atoms with E-state index in [1.165, 1.54) is 6.92 Å². The van der Waals surface area contributed by atoms with E-state index in [9.17, 15) is 9.59 Å². The van der Waals surface area contributed by atoms with Crippen LogP contribution in [0.4, 0.5) is 0 Å². The number of esters is 2. The number of carbonyl (C=O) groups is 2. The Balaban J connectivity index is 4.93. The van der Waals surface area contributed by atoms with Crippen LogP contribution in [0.1, 0.15) is 27.2 Å². The van der Waals surface area contributed by atoms with E-state index in [1.54, 1.807) is 6.07 Å². The lowest BCUT2D eigenvalue weighted by atomic mass is 10.0. The normalized spacial score (nSPS) is 13.1. The zero-order chi connectivity index (χ0) is 14.3. The van der Waals surface area contributed by atoms with Gasteiger partial charge in [0.2, 0.25) is 0 Å². The van der Waals surface area contributed by atoms with Gasteiger partial charge in [-0.1, -0.05) is 27.0 Å². The van der Waals surface area contributed by atoms with Gasteiger partial charge in [-0.3, -0.25) is 0 Å². The van der Waals surface area contributed by atoms with E-state index >= 15 is 0 Å². The summed E-state index contributed by atoms with van der Waals surface area (Å²) >= 11 is 0. The zero-order valence-corrected chi connectivity index (χ0v) is 10.9. The summed E-state index contributed by atoms with van der Waals surface area (Å²) in [6, 6.07) is 1.58. The highest BCUT2D eigenvalue weighted by Gasteiger charge is 2.34. The molecule has 1 unspecified atom stereocenters. The SMILES string of the molecule is C=CC(=O)OC(C)(CC(C)C)OC(=O)C(=C)C#N. The number of ether oxygens (including phenoxy) is 2. The molecule has 0 saturated heterocycles. The summed E-state index contributed by atoms with van der Waals surface area (Å²) in [5, 5.41) is 8.54. The molecule has 0 heterocycles. The minimum Gasteiger partial charge on any atom is -0.420 e. The molecule has 0 N–H and O–H groups in total. The zero-order valence-electron chi connectivity index (χ0n) is 10.9. The summed E-state index contributed by atoms with van der Waals surface area (Å²) in [5.74, 6) is -2.92. The fraction of sp³-hybridized carbons (Fsp3) is 0.462. The Morgan fingerprint density at radius 3 is 2.39 bits per heavy atom. The molecule has 0 aromatic heterocycles. The number of nitrogens with zero attached hydrogens (tertiary/aromatic N) is 1. The Morgan fingerprint density at radius 2 is 2.00 bits per heavy atom. The van der Waals surface area contributed by atoms with Crippen molar-refractivity contribution >= 4 is 11.9 Å². The summed E-state index contributed by atoms with van der Waals surface area (Å²) in [5.41, 5.74) is -0.348. The molecule has 0 saturated carbocycles. The Hall–Kier alpha value is -2.09. The standard InChI is InChI=1S/C13H17NO4/c1-6-11(15)17-13(5,7-9(2)3)18-12(16)10(4)8-14/h6,9H,1,4,7H2,2-3,5H3. The van der Waals surface area contributed by atoms with Crippen LogP contribution in [-0.2, 0) is 19.1 Å². The quantitative estimate of drug-likeness (QED) is 0.313. The Kier molecular flexibility index (Phi) is 5.83. The molecule has 0 aromatic carbocycles. The molecule has 0 bridgehead atoms. The Labute approximate surface area is 107 Å². The van der Waals surface area contributed by atoms with Gasteiger partial charge in [-0.05, 0) is 5.92 Å². The molecule has 0 aliphatic carbocycles. The molecule has 0 amide bonds. The largest absolute Gasteiger partial charge is 0.420 e. The van der Waals surface area contributed by atoms with E-state index in [-0.39, 0.29) is 11.5 Å². The van der Waals surface area contributed by atoms with E-state index in [0.29, 0.717) is 6.42 Å². The first-order valence-electron chi connectivity index (χ1n) is 5.42. The summed E-state index contributed by atoms with van der Waals surface area (Å²) in [6.07, 6.45) is 1.28. The maximum Gasteiger partial charge on any atom is 0.351 e. The van der Waals surface area contributed by atoms with Crippen LogP contribution in [0.25, 0.3) is 0 Å². The van der Waals surface area contributed by atoms with Crippen LogP contribution in [0.2, 0.25) is 0 Å². The minimum absolute atomic E-state index is 0.121. The van der Waals surface area contributed by atoms with Crippen molar-refractivity contribution in [1.82, 2.24) is 0 Å². The monoisotopic (exact) mass is 251 g/mol. The van der Waals surface area contributed by atoms with Crippen LogP contribution in [-0.4, -0.2) is 17.7 Å². The van der Waals surface area contributed by atoms with Crippen LogP contribution in [0.5, 0.6) is 0 Å². The molecule has 5 nitrogen and oxygen atoms in total. The highest BCUT2D eigenvalue weighted by atomic mass is 16.7. The second-order valence-electron chi connectivity index (χ2n) is 4.34. The average molecular weight is 251 g/mol. The highest BCUT2D eigenvalue weighted by molar-refractivity contribution is 5.92. The summed E-state index contributed by atoms with van der Waals surface area (Å²) in [6.45, 7) is 11.7. The first-order valence-corrected chi connectivity index (χ1v) is 5.42. The second kappa shape index (κ2) is 6.60. The first-order chi connectivity index (χ1) is 8.24. The van der Waals surface area contributed by atoms with Gasteiger partial charge in [0.1, 0.15) is 11.6 Å².